The Labute approximate surface area is 185 Å². The zero-order valence-electron chi connectivity index (χ0n) is 17.6. The number of para-hydroxylation sites is 1. The fourth-order valence-electron chi connectivity index (χ4n) is 4.33. The number of anilines is 3. The van der Waals surface area contributed by atoms with Crippen molar-refractivity contribution in [1.82, 2.24) is 0 Å². The number of hydrogen-bond acceptors (Lipinski definition) is 3. The summed E-state index contributed by atoms with van der Waals surface area (Å²) >= 11 is 0. The van der Waals surface area contributed by atoms with Crippen LogP contribution in [0.5, 0.6) is 0 Å². The summed E-state index contributed by atoms with van der Waals surface area (Å²) in [5.41, 5.74) is 0.461. The molecule has 2 aromatic carbocycles. The van der Waals surface area contributed by atoms with Gasteiger partial charge >= 0.3 is 0 Å². The highest BCUT2D eigenvalue weighted by Gasteiger charge is 2.36. The van der Waals surface area contributed by atoms with Gasteiger partial charge in [0.2, 0.25) is 17.7 Å². The van der Waals surface area contributed by atoms with Crippen LogP contribution in [0.4, 0.5) is 25.8 Å². The Morgan fingerprint density at radius 2 is 1.59 bits per heavy atom. The molecule has 0 spiro atoms. The van der Waals surface area contributed by atoms with Gasteiger partial charge in [-0.15, -0.1) is 0 Å². The van der Waals surface area contributed by atoms with Crippen molar-refractivity contribution in [1.29, 1.82) is 0 Å². The zero-order valence-corrected chi connectivity index (χ0v) is 17.6. The molecule has 1 heterocycles. The molecular weight excluding hydrogens is 416 g/mol. The molecular formula is C24H25F2N3O3. The molecule has 6 nitrogen and oxygen atoms in total. The third kappa shape index (κ3) is 4.79. The highest BCUT2D eigenvalue weighted by atomic mass is 19.1. The molecule has 2 aliphatic rings. The fourth-order valence-corrected chi connectivity index (χ4v) is 4.33. The Morgan fingerprint density at radius 1 is 0.875 bits per heavy atom. The van der Waals surface area contributed by atoms with Gasteiger partial charge < -0.3 is 15.5 Å². The number of carbonyl (C=O) groups excluding carboxylic acids is 3. The molecule has 1 unspecified atom stereocenters. The average molecular weight is 441 g/mol. The molecule has 8 heteroatoms. The van der Waals surface area contributed by atoms with Crippen LogP contribution in [0.3, 0.4) is 0 Å². The molecule has 32 heavy (non-hydrogen) atoms. The topological polar surface area (TPSA) is 78.5 Å². The second-order valence-corrected chi connectivity index (χ2v) is 8.36. The van der Waals surface area contributed by atoms with E-state index in [1.165, 1.54) is 41.3 Å². The van der Waals surface area contributed by atoms with E-state index in [9.17, 15) is 23.2 Å². The average Bonchev–Trinajstić information content (AvgIpc) is 3.18. The van der Waals surface area contributed by atoms with Gasteiger partial charge in [-0.05, 0) is 43.2 Å². The first-order valence-corrected chi connectivity index (χ1v) is 10.9. The predicted octanol–water partition coefficient (Wildman–Crippen LogP) is 4.48. The van der Waals surface area contributed by atoms with Gasteiger partial charge in [-0.2, -0.15) is 0 Å². The van der Waals surface area contributed by atoms with Crippen LogP contribution in [-0.2, 0) is 14.4 Å². The molecule has 1 saturated heterocycles. The van der Waals surface area contributed by atoms with E-state index < -0.39 is 23.5 Å². The van der Waals surface area contributed by atoms with Crippen molar-refractivity contribution >= 4 is 34.8 Å². The summed E-state index contributed by atoms with van der Waals surface area (Å²) in [6.45, 7) is 0.0536. The molecule has 0 aromatic heterocycles. The largest absolute Gasteiger partial charge is 0.326 e. The minimum Gasteiger partial charge on any atom is -0.326 e. The van der Waals surface area contributed by atoms with Crippen LogP contribution in [0.2, 0.25) is 0 Å². The predicted molar refractivity (Wildman–Crippen MR) is 117 cm³/mol. The second kappa shape index (κ2) is 9.46. The monoisotopic (exact) mass is 441 g/mol. The normalized spacial score (nSPS) is 19.1. The molecule has 2 fully saturated rings. The molecule has 2 N–H and O–H groups in total. The van der Waals surface area contributed by atoms with Crippen molar-refractivity contribution in [2.45, 2.75) is 38.5 Å². The summed E-state index contributed by atoms with van der Waals surface area (Å²) < 4.78 is 28.3. The van der Waals surface area contributed by atoms with E-state index >= 15 is 0 Å². The highest BCUT2D eigenvalue weighted by Crippen LogP contribution is 2.29. The molecule has 0 radical (unpaired) electrons. The van der Waals surface area contributed by atoms with Gasteiger partial charge in [0.15, 0.2) is 0 Å². The van der Waals surface area contributed by atoms with E-state index in [4.69, 9.17) is 0 Å². The van der Waals surface area contributed by atoms with Gasteiger partial charge in [0, 0.05) is 24.6 Å². The van der Waals surface area contributed by atoms with E-state index in [2.05, 4.69) is 10.6 Å². The maximum absolute atomic E-state index is 14.2. The second-order valence-electron chi connectivity index (χ2n) is 8.36. The lowest BCUT2D eigenvalue weighted by atomic mass is 9.88. The summed E-state index contributed by atoms with van der Waals surface area (Å²) in [5, 5.41) is 5.32. The van der Waals surface area contributed by atoms with Gasteiger partial charge in [0.25, 0.3) is 0 Å². The van der Waals surface area contributed by atoms with E-state index in [-0.39, 0.29) is 42.1 Å². The Balaban J connectivity index is 1.41. The number of nitrogens with zero attached hydrogens (tertiary/aromatic N) is 1. The lowest BCUT2D eigenvalue weighted by Gasteiger charge is -2.21. The van der Waals surface area contributed by atoms with Crippen LogP contribution < -0.4 is 15.5 Å². The number of halogens is 2. The van der Waals surface area contributed by atoms with Crippen LogP contribution in [0, 0.1) is 23.5 Å². The minimum absolute atomic E-state index is 0.00820. The van der Waals surface area contributed by atoms with Crippen LogP contribution in [0.15, 0.2) is 42.5 Å². The van der Waals surface area contributed by atoms with Crippen LogP contribution >= 0.6 is 0 Å². The summed E-state index contributed by atoms with van der Waals surface area (Å²) in [6.07, 6.45) is 4.61. The quantitative estimate of drug-likeness (QED) is 0.718. The van der Waals surface area contributed by atoms with Crippen molar-refractivity contribution in [2.24, 2.45) is 11.8 Å². The first kappa shape index (κ1) is 21.9. The highest BCUT2D eigenvalue weighted by molar-refractivity contribution is 6.04. The van der Waals surface area contributed by atoms with E-state index in [0.29, 0.717) is 5.69 Å². The molecule has 2 aromatic rings. The van der Waals surface area contributed by atoms with E-state index in [0.717, 1.165) is 32.1 Å². The molecule has 4 rings (SSSR count). The van der Waals surface area contributed by atoms with Gasteiger partial charge in [-0.3, -0.25) is 14.4 Å². The van der Waals surface area contributed by atoms with Crippen molar-refractivity contribution in [2.75, 3.05) is 22.1 Å². The molecule has 168 valence electrons. The number of rotatable bonds is 5. The lowest BCUT2D eigenvalue weighted by Crippen LogP contribution is -2.28. The Bertz CT molecular complexity index is 1040. The first-order chi connectivity index (χ1) is 15.4. The van der Waals surface area contributed by atoms with Gasteiger partial charge in [-0.25, -0.2) is 8.78 Å². The lowest BCUT2D eigenvalue weighted by molar-refractivity contribution is -0.122. The van der Waals surface area contributed by atoms with Crippen molar-refractivity contribution in [3.8, 4) is 0 Å². The Morgan fingerprint density at radius 3 is 2.34 bits per heavy atom. The Hall–Kier alpha value is -3.29. The molecule has 1 saturated carbocycles. The summed E-state index contributed by atoms with van der Waals surface area (Å²) in [4.78, 5) is 38.8. The van der Waals surface area contributed by atoms with Crippen molar-refractivity contribution in [3.63, 3.8) is 0 Å². The standard InChI is InChI=1S/C24H25F2N3O3/c25-18-11-10-17(13-20(18)28-23(31)15-6-2-1-3-7-15)27-24(32)16-12-22(30)29(14-16)21-9-5-4-8-19(21)26/h4-5,8-11,13,15-16H,1-3,6-7,12,14H2,(H,27,32)(H,28,31). The number of amides is 3. The van der Waals surface area contributed by atoms with E-state index in [1.54, 1.807) is 6.07 Å². The Kier molecular flexibility index (Phi) is 6.48. The number of nitrogens with one attached hydrogen (secondary N) is 2. The third-order valence-electron chi connectivity index (χ3n) is 6.11. The van der Waals surface area contributed by atoms with Crippen LogP contribution in [-0.4, -0.2) is 24.3 Å². The summed E-state index contributed by atoms with van der Waals surface area (Å²) in [7, 11) is 0. The first-order valence-electron chi connectivity index (χ1n) is 10.9. The van der Waals surface area contributed by atoms with Gasteiger partial charge in [0.1, 0.15) is 11.6 Å². The fraction of sp³-hybridized carbons (Fsp3) is 0.375. The smallest absolute Gasteiger partial charge is 0.229 e. The van der Waals surface area contributed by atoms with E-state index in [1.807, 2.05) is 0 Å². The molecule has 1 atom stereocenters. The van der Waals surface area contributed by atoms with Crippen molar-refractivity contribution in [3.05, 3.63) is 54.1 Å². The molecule has 0 bridgehead atoms. The minimum atomic E-state index is -0.674. The number of carbonyl (C=O) groups is 3. The van der Waals surface area contributed by atoms with Crippen LogP contribution in [0.1, 0.15) is 38.5 Å². The number of benzene rings is 2. The molecule has 1 aliphatic carbocycles. The summed E-state index contributed by atoms with van der Waals surface area (Å²) in [6, 6.07) is 9.86. The van der Waals surface area contributed by atoms with Crippen molar-refractivity contribution < 1.29 is 23.2 Å². The van der Waals surface area contributed by atoms with Crippen LogP contribution in [0.25, 0.3) is 0 Å². The van der Waals surface area contributed by atoms with Gasteiger partial charge in [-0.1, -0.05) is 31.4 Å². The summed E-state index contributed by atoms with van der Waals surface area (Å²) in [5.74, 6) is -2.90. The maximum Gasteiger partial charge on any atom is 0.229 e. The number of hydrogen-bond donors (Lipinski definition) is 2. The van der Waals surface area contributed by atoms with Gasteiger partial charge in [0.05, 0.1) is 17.3 Å². The zero-order chi connectivity index (χ0) is 22.7. The maximum atomic E-state index is 14.2. The third-order valence-corrected chi connectivity index (χ3v) is 6.11. The SMILES string of the molecule is O=C(Nc1ccc(F)c(NC(=O)C2CCCCC2)c1)C1CC(=O)N(c2ccccc2F)C1. The molecule has 1 aliphatic heterocycles. The molecule has 3 amide bonds.